The Labute approximate surface area is 77.7 Å². The molecule has 1 rings (SSSR count). The van der Waals surface area contributed by atoms with Crippen molar-refractivity contribution in [2.75, 3.05) is 6.54 Å². The molecule has 0 saturated carbocycles. The van der Waals surface area contributed by atoms with Gasteiger partial charge in [-0.2, -0.15) is 0 Å². The smallest absolute Gasteiger partial charge is 0.254 e. The Morgan fingerprint density at radius 2 is 2.08 bits per heavy atom. The lowest BCUT2D eigenvalue weighted by Gasteiger charge is -2.21. The van der Waals surface area contributed by atoms with Gasteiger partial charge in [-0.15, -0.1) is 0 Å². The van der Waals surface area contributed by atoms with Crippen molar-refractivity contribution in [1.82, 2.24) is 9.32 Å². The zero-order chi connectivity index (χ0) is 9.52. The third-order valence-corrected chi connectivity index (χ3v) is 2.73. The minimum absolute atomic E-state index is 0.00463. The van der Waals surface area contributed by atoms with Gasteiger partial charge in [0.05, 0.1) is 0 Å². The summed E-state index contributed by atoms with van der Waals surface area (Å²) in [5.41, 5.74) is -0.658. The SMILES string of the molecule is C=C1N(CC)C(=O)C(C)(C)N1Cl. The first-order chi connectivity index (χ1) is 5.42. The molecule has 1 heterocycles. The van der Waals surface area contributed by atoms with E-state index < -0.39 is 5.54 Å². The van der Waals surface area contributed by atoms with Crippen molar-refractivity contribution in [2.45, 2.75) is 26.3 Å². The zero-order valence-corrected chi connectivity index (χ0v) is 8.35. The van der Waals surface area contributed by atoms with Gasteiger partial charge >= 0.3 is 0 Å². The molecule has 68 valence electrons. The lowest BCUT2D eigenvalue weighted by molar-refractivity contribution is -0.131. The van der Waals surface area contributed by atoms with Crippen LogP contribution in [0.1, 0.15) is 20.8 Å². The van der Waals surface area contributed by atoms with Crippen LogP contribution in [0.2, 0.25) is 0 Å². The summed E-state index contributed by atoms with van der Waals surface area (Å²) in [6.07, 6.45) is 0. The standard InChI is InChI=1S/C8H13ClN2O/c1-5-10-6(2)11(9)8(3,4)7(10)12/h2,5H2,1,3-4H3. The van der Waals surface area contributed by atoms with Crippen LogP contribution in [0.25, 0.3) is 0 Å². The molecule has 12 heavy (non-hydrogen) atoms. The van der Waals surface area contributed by atoms with Gasteiger partial charge in [0.2, 0.25) is 0 Å². The third-order valence-electron chi connectivity index (χ3n) is 2.11. The summed E-state index contributed by atoms with van der Waals surface area (Å²) in [4.78, 5) is 13.2. The van der Waals surface area contributed by atoms with E-state index in [4.69, 9.17) is 11.8 Å². The van der Waals surface area contributed by atoms with Crippen molar-refractivity contribution in [2.24, 2.45) is 0 Å². The van der Waals surface area contributed by atoms with Gasteiger partial charge < -0.3 is 0 Å². The molecule has 0 aromatic heterocycles. The number of amides is 1. The van der Waals surface area contributed by atoms with E-state index in [-0.39, 0.29) is 5.91 Å². The minimum atomic E-state index is -0.658. The maximum absolute atomic E-state index is 11.6. The Balaban J connectivity index is 3.02. The van der Waals surface area contributed by atoms with E-state index in [1.807, 2.05) is 6.92 Å². The minimum Gasteiger partial charge on any atom is -0.296 e. The van der Waals surface area contributed by atoms with Crippen molar-refractivity contribution in [3.63, 3.8) is 0 Å². The Morgan fingerprint density at radius 3 is 2.25 bits per heavy atom. The van der Waals surface area contributed by atoms with E-state index in [0.29, 0.717) is 12.4 Å². The maximum atomic E-state index is 11.6. The van der Waals surface area contributed by atoms with E-state index in [1.54, 1.807) is 18.7 Å². The Bertz CT molecular complexity index is 237. The number of halogens is 1. The van der Waals surface area contributed by atoms with E-state index in [0.717, 1.165) is 0 Å². The number of hydrogen-bond acceptors (Lipinski definition) is 2. The fourth-order valence-electron chi connectivity index (χ4n) is 1.29. The lowest BCUT2D eigenvalue weighted by atomic mass is 10.1. The highest BCUT2D eigenvalue weighted by Gasteiger charge is 2.46. The van der Waals surface area contributed by atoms with Gasteiger partial charge in [0.15, 0.2) is 0 Å². The van der Waals surface area contributed by atoms with Crippen LogP contribution < -0.4 is 0 Å². The number of carbonyl (C=O) groups is 1. The molecule has 1 amide bonds. The first-order valence-electron chi connectivity index (χ1n) is 3.89. The van der Waals surface area contributed by atoms with Crippen molar-refractivity contribution in [3.8, 4) is 0 Å². The molecule has 0 N–H and O–H groups in total. The molecule has 1 saturated heterocycles. The predicted molar refractivity (Wildman–Crippen MR) is 48.3 cm³/mol. The molecule has 1 fully saturated rings. The summed E-state index contributed by atoms with van der Waals surface area (Å²) in [6.45, 7) is 9.81. The first-order valence-corrected chi connectivity index (χ1v) is 4.23. The fraction of sp³-hybridized carbons (Fsp3) is 0.625. The number of carbonyl (C=O) groups excluding carboxylic acids is 1. The van der Waals surface area contributed by atoms with Crippen LogP contribution in [0.5, 0.6) is 0 Å². The Hall–Kier alpha value is -0.700. The Kier molecular flexibility index (Phi) is 2.08. The predicted octanol–water partition coefficient (Wildman–Crippen LogP) is 1.55. The van der Waals surface area contributed by atoms with E-state index in [2.05, 4.69) is 6.58 Å². The summed E-state index contributed by atoms with van der Waals surface area (Å²) in [5, 5.41) is 0. The molecule has 0 aromatic carbocycles. The van der Waals surface area contributed by atoms with Gasteiger partial charge in [-0.05, 0) is 20.8 Å². The molecular weight excluding hydrogens is 176 g/mol. The summed E-state index contributed by atoms with van der Waals surface area (Å²) in [6, 6.07) is 0. The molecule has 0 spiro atoms. The molecule has 1 aliphatic heterocycles. The number of nitrogens with zero attached hydrogens (tertiary/aromatic N) is 2. The van der Waals surface area contributed by atoms with Crippen LogP contribution >= 0.6 is 11.8 Å². The van der Waals surface area contributed by atoms with Crippen LogP contribution in [0.15, 0.2) is 12.4 Å². The van der Waals surface area contributed by atoms with Crippen molar-refractivity contribution < 1.29 is 4.79 Å². The van der Waals surface area contributed by atoms with E-state index >= 15 is 0 Å². The molecule has 3 nitrogen and oxygen atoms in total. The van der Waals surface area contributed by atoms with E-state index in [9.17, 15) is 4.79 Å². The summed E-state index contributed by atoms with van der Waals surface area (Å²) in [7, 11) is 0. The number of rotatable bonds is 1. The maximum Gasteiger partial charge on any atom is 0.254 e. The number of hydrogen-bond donors (Lipinski definition) is 0. The van der Waals surface area contributed by atoms with Crippen molar-refractivity contribution in [3.05, 3.63) is 12.4 Å². The molecule has 0 unspecified atom stereocenters. The third kappa shape index (κ3) is 1.00. The molecule has 0 aliphatic carbocycles. The lowest BCUT2D eigenvalue weighted by Crippen LogP contribution is -2.39. The summed E-state index contributed by atoms with van der Waals surface area (Å²) in [5.74, 6) is 0.569. The van der Waals surface area contributed by atoms with Crippen LogP contribution in [-0.4, -0.2) is 27.3 Å². The molecule has 0 radical (unpaired) electrons. The van der Waals surface area contributed by atoms with Crippen molar-refractivity contribution in [1.29, 1.82) is 0 Å². The van der Waals surface area contributed by atoms with Gasteiger partial charge in [0.1, 0.15) is 11.4 Å². The molecule has 0 bridgehead atoms. The molecule has 0 atom stereocenters. The highest BCUT2D eigenvalue weighted by atomic mass is 35.5. The first kappa shape index (κ1) is 9.39. The average Bonchev–Trinajstić information content (AvgIpc) is 2.15. The molecule has 1 aliphatic rings. The van der Waals surface area contributed by atoms with Gasteiger partial charge in [-0.3, -0.25) is 14.1 Å². The Morgan fingerprint density at radius 1 is 1.58 bits per heavy atom. The van der Waals surface area contributed by atoms with Gasteiger partial charge in [-0.1, -0.05) is 6.58 Å². The largest absolute Gasteiger partial charge is 0.296 e. The normalized spacial score (nSPS) is 22.3. The van der Waals surface area contributed by atoms with Gasteiger partial charge in [0.25, 0.3) is 5.91 Å². The summed E-state index contributed by atoms with van der Waals surface area (Å²) < 4.78 is 1.39. The van der Waals surface area contributed by atoms with Crippen LogP contribution in [0.4, 0.5) is 0 Å². The zero-order valence-electron chi connectivity index (χ0n) is 7.59. The van der Waals surface area contributed by atoms with Gasteiger partial charge in [0, 0.05) is 18.3 Å². The average molecular weight is 189 g/mol. The van der Waals surface area contributed by atoms with E-state index in [1.165, 1.54) is 4.42 Å². The highest BCUT2D eigenvalue weighted by Crippen LogP contribution is 2.33. The topological polar surface area (TPSA) is 23.6 Å². The van der Waals surface area contributed by atoms with Crippen LogP contribution in [0, 0.1) is 0 Å². The highest BCUT2D eigenvalue weighted by molar-refractivity contribution is 6.18. The second-order valence-electron chi connectivity index (χ2n) is 3.31. The second-order valence-corrected chi connectivity index (χ2v) is 3.64. The molecule has 0 aromatic rings. The summed E-state index contributed by atoms with van der Waals surface area (Å²) >= 11 is 5.89. The van der Waals surface area contributed by atoms with Gasteiger partial charge in [-0.25, -0.2) is 0 Å². The van der Waals surface area contributed by atoms with Crippen LogP contribution in [0.3, 0.4) is 0 Å². The number of likely N-dealkylation sites (N-methyl/N-ethyl adjacent to an activating group) is 1. The van der Waals surface area contributed by atoms with Crippen molar-refractivity contribution >= 4 is 17.7 Å². The molecular formula is C8H13ClN2O. The fourth-order valence-corrected chi connectivity index (χ4v) is 1.45. The molecule has 4 heteroatoms. The quantitative estimate of drug-likeness (QED) is 0.583. The second kappa shape index (κ2) is 2.66. The monoisotopic (exact) mass is 188 g/mol. The van der Waals surface area contributed by atoms with Crippen LogP contribution in [-0.2, 0) is 4.79 Å².